The molecule has 3 rings (SSSR count). The molecule has 1 aliphatic carbocycles. The fourth-order valence-corrected chi connectivity index (χ4v) is 3.51. The summed E-state index contributed by atoms with van der Waals surface area (Å²) in [5.41, 5.74) is 1.41. The Morgan fingerprint density at radius 2 is 1.80 bits per heavy atom. The van der Waals surface area contributed by atoms with Gasteiger partial charge in [0.25, 0.3) is 0 Å². The van der Waals surface area contributed by atoms with Crippen LogP contribution in [0.4, 0.5) is 0 Å². The quantitative estimate of drug-likeness (QED) is 0.654. The zero-order chi connectivity index (χ0) is 17.7. The van der Waals surface area contributed by atoms with Crippen LogP contribution in [0.15, 0.2) is 30.3 Å². The van der Waals surface area contributed by atoms with Crippen LogP contribution < -0.4 is 0 Å². The van der Waals surface area contributed by atoms with Gasteiger partial charge in [-0.15, -0.1) is 0 Å². The number of rotatable bonds is 5. The van der Waals surface area contributed by atoms with Crippen molar-refractivity contribution in [3.05, 3.63) is 35.9 Å². The molecule has 0 atom stereocenters. The summed E-state index contributed by atoms with van der Waals surface area (Å²) in [4.78, 5) is 2.43. The molecular formula is C21H34N3O+. The molecule has 0 bridgehead atoms. The molecule has 138 valence electrons. The first-order chi connectivity index (χ1) is 12.3. The van der Waals surface area contributed by atoms with Gasteiger partial charge in [0.15, 0.2) is 0 Å². The summed E-state index contributed by atoms with van der Waals surface area (Å²) < 4.78 is 7.46. The maximum Gasteiger partial charge on any atom is 0.304 e. The summed E-state index contributed by atoms with van der Waals surface area (Å²) in [6.45, 7) is 7.96. The lowest BCUT2D eigenvalue weighted by Crippen LogP contribution is -2.41. The van der Waals surface area contributed by atoms with E-state index in [0.29, 0.717) is 6.04 Å². The summed E-state index contributed by atoms with van der Waals surface area (Å²) in [5.74, 6) is 0. The molecule has 1 aliphatic heterocycles. The Hall–Kier alpha value is -1.48. The zero-order valence-corrected chi connectivity index (χ0v) is 15.8. The molecule has 0 radical (unpaired) electrons. The molecule has 0 amide bonds. The average molecular weight is 345 g/mol. The Morgan fingerprint density at radius 3 is 2.36 bits per heavy atom. The third kappa shape index (κ3) is 7.52. The zero-order valence-electron chi connectivity index (χ0n) is 15.8. The molecule has 25 heavy (non-hydrogen) atoms. The first-order valence-electron chi connectivity index (χ1n) is 9.86. The van der Waals surface area contributed by atoms with Crippen molar-refractivity contribution in [2.75, 3.05) is 39.4 Å². The highest BCUT2D eigenvalue weighted by Gasteiger charge is 2.21. The summed E-state index contributed by atoms with van der Waals surface area (Å²) in [6.07, 6.45) is 7.64. The van der Waals surface area contributed by atoms with Crippen LogP contribution in [0, 0.1) is 5.41 Å². The number of hydrogen-bond donors (Lipinski definition) is 1. The van der Waals surface area contributed by atoms with Gasteiger partial charge in [0.2, 0.25) is 0 Å². The van der Waals surface area contributed by atoms with Crippen molar-refractivity contribution in [3.63, 3.8) is 0 Å². The first kappa shape index (κ1) is 19.8. The van der Waals surface area contributed by atoms with Crippen LogP contribution in [-0.2, 0) is 11.2 Å². The van der Waals surface area contributed by atoms with Gasteiger partial charge in [-0.1, -0.05) is 49.1 Å². The molecule has 2 aliphatic rings. The van der Waals surface area contributed by atoms with Gasteiger partial charge in [-0.05, 0) is 37.7 Å². The molecule has 1 saturated carbocycles. The number of benzene rings is 1. The largest absolute Gasteiger partial charge is 0.379 e. The van der Waals surface area contributed by atoms with Gasteiger partial charge in [0, 0.05) is 19.6 Å². The van der Waals surface area contributed by atoms with E-state index >= 15 is 0 Å². The standard InChI is InChI=1S/C13H24N3O.C8H10/c14-12-16(13-4-2-1-3-5-13)7-6-15-8-10-17-11-9-15;1-2-8-6-4-3-5-7-8/h13-14H,1-11H2;3-7H,2H2,1H3/q+1;. The summed E-state index contributed by atoms with van der Waals surface area (Å²) in [6, 6.07) is 13.7. The SMILES string of the molecule is CCc1ccccc1.N=C=[N+](CCN1CCOCC1)C1CCCCC1. The fraction of sp³-hybridized carbons (Fsp3) is 0.667. The number of morpholine rings is 1. The Morgan fingerprint density at radius 1 is 1.12 bits per heavy atom. The van der Waals surface area contributed by atoms with Crippen molar-refractivity contribution in [2.45, 2.75) is 51.5 Å². The normalized spacial score (nSPS) is 18.8. The Labute approximate surface area is 153 Å². The molecule has 1 N–H and O–H groups in total. The van der Waals surface area contributed by atoms with Crippen molar-refractivity contribution in [1.82, 2.24) is 4.90 Å². The maximum absolute atomic E-state index is 7.45. The van der Waals surface area contributed by atoms with Crippen LogP contribution in [0.3, 0.4) is 0 Å². The van der Waals surface area contributed by atoms with Gasteiger partial charge >= 0.3 is 6.01 Å². The molecule has 1 saturated heterocycles. The highest BCUT2D eigenvalue weighted by molar-refractivity contribution is 5.28. The molecule has 0 spiro atoms. The molecule has 4 heteroatoms. The van der Waals surface area contributed by atoms with E-state index in [0.717, 1.165) is 45.8 Å². The van der Waals surface area contributed by atoms with Crippen molar-refractivity contribution in [1.29, 1.82) is 5.41 Å². The van der Waals surface area contributed by atoms with Crippen LogP contribution in [0.2, 0.25) is 0 Å². The van der Waals surface area contributed by atoms with Crippen molar-refractivity contribution < 1.29 is 9.31 Å². The van der Waals surface area contributed by atoms with E-state index in [1.54, 1.807) is 0 Å². The number of ether oxygens (including phenoxy) is 1. The third-order valence-electron chi connectivity index (χ3n) is 5.17. The number of aryl methyl sites for hydroxylation is 1. The number of nitrogens with zero attached hydrogens (tertiary/aromatic N) is 2. The predicted molar refractivity (Wildman–Crippen MR) is 103 cm³/mol. The van der Waals surface area contributed by atoms with E-state index in [9.17, 15) is 0 Å². The van der Waals surface area contributed by atoms with Crippen LogP contribution >= 0.6 is 0 Å². The van der Waals surface area contributed by atoms with Gasteiger partial charge in [0.05, 0.1) is 13.2 Å². The smallest absolute Gasteiger partial charge is 0.304 e. The highest BCUT2D eigenvalue weighted by Crippen LogP contribution is 2.19. The van der Waals surface area contributed by atoms with Crippen molar-refractivity contribution >= 4 is 6.01 Å². The third-order valence-corrected chi connectivity index (χ3v) is 5.17. The minimum absolute atomic E-state index is 0.572. The van der Waals surface area contributed by atoms with E-state index in [2.05, 4.69) is 46.7 Å². The molecule has 1 aromatic carbocycles. The van der Waals surface area contributed by atoms with Crippen LogP contribution in [0.25, 0.3) is 0 Å². The van der Waals surface area contributed by atoms with Gasteiger partial charge in [0.1, 0.15) is 12.6 Å². The fourth-order valence-electron chi connectivity index (χ4n) is 3.51. The second-order valence-corrected chi connectivity index (χ2v) is 6.89. The Bertz CT molecular complexity index is 513. The van der Waals surface area contributed by atoms with Crippen LogP contribution in [0.5, 0.6) is 0 Å². The van der Waals surface area contributed by atoms with E-state index in [1.165, 1.54) is 37.7 Å². The van der Waals surface area contributed by atoms with Gasteiger partial charge in [-0.3, -0.25) is 4.90 Å². The van der Waals surface area contributed by atoms with Crippen molar-refractivity contribution in [3.8, 4) is 0 Å². The predicted octanol–water partition coefficient (Wildman–Crippen LogP) is 3.67. The minimum atomic E-state index is 0.572. The Balaban J connectivity index is 0.000000236. The molecule has 4 nitrogen and oxygen atoms in total. The number of hydrogen-bond acceptors (Lipinski definition) is 3. The van der Waals surface area contributed by atoms with E-state index < -0.39 is 0 Å². The summed E-state index contributed by atoms with van der Waals surface area (Å²) in [5, 5.41) is 7.45. The van der Waals surface area contributed by atoms with E-state index in [4.69, 9.17) is 10.1 Å². The highest BCUT2D eigenvalue weighted by atomic mass is 16.5. The lowest BCUT2D eigenvalue weighted by molar-refractivity contribution is -0.564. The first-order valence-corrected chi connectivity index (χ1v) is 9.86. The summed E-state index contributed by atoms with van der Waals surface area (Å²) >= 11 is 0. The van der Waals surface area contributed by atoms with Gasteiger partial charge in [-0.2, -0.15) is 0 Å². The molecule has 1 aromatic rings. The van der Waals surface area contributed by atoms with Gasteiger partial charge < -0.3 is 4.74 Å². The topological polar surface area (TPSA) is 39.3 Å². The van der Waals surface area contributed by atoms with Crippen LogP contribution in [-0.4, -0.2) is 60.9 Å². The molecule has 1 heterocycles. The molecular weight excluding hydrogens is 310 g/mol. The van der Waals surface area contributed by atoms with E-state index in [-0.39, 0.29) is 0 Å². The lowest BCUT2D eigenvalue weighted by atomic mass is 9.95. The molecule has 2 fully saturated rings. The van der Waals surface area contributed by atoms with Gasteiger partial charge in [-0.25, -0.2) is 4.58 Å². The minimum Gasteiger partial charge on any atom is -0.379 e. The molecule has 0 unspecified atom stereocenters. The van der Waals surface area contributed by atoms with E-state index in [1.807, 2.05) is 6.07 Å². The second kappa shape index (κ2) is 12.0. The monoisotopic (exact) mass is 344 g/mol. The summed E-state index contributed by atoms with van der Waals surface area (Å²) in [7, 11) is 0. The second-order valence-electron chi connectivity index (χ2n) is 6.89. The lowest BCUT2D eigenvalue weighted by Gasteiger charge is -2.27. The molecule has 0 aromatic heterocycles. The average Bonchev–Trinajstić information content (AvgIpc) is 2.71. The van der Waals surface area contributed by atoms with Crippen LogP contribution in [0.1, 0.15) is 44.6 Å². The number of nitrogens with one attached hydrogen (secondary N) is 1. The van der Waals surface area contributed by atoms with Crippen molar-refractivity contribution in [2.24, 2.45) is 0 Å². The Kier molecular flexibility index (Phi) is 9.50. The maximum atomic E-state index is 7.45.